The largest absolute Gasteiger partial charge is 0.350 e. The van der Waals surface area contributed by atoms with Gasteiger partial charge >= 0.3 is 0 Å². The quantitative estimate of drug-likeness (QED) is 0.358. The van der Waals surface area contributed by atoms with Crippen LogP contribution >= 0.6 is 23.2 Å². The van der Waals surface area contributed by atoms with Crippen LogP contribution in [0.1, 0.15) is 63.6 Å². The van der Waals surface area contributed by atoms with Crippen LogP contribution in [0.25, 0.3) is 0 Å². The molecule has 210 valence electrons. The van der Waals surface area contributed by atoms with Crippen LogP contribution in [-0.4, -0.2) is 49.5 Å². The van der Waals surface area contributed by atoms with Crippen LogP contribution in [0.3, 0.4) is 0 Å². The average Bonchev–Trinajstić information content (AvgIpc) is 2.75. The van der Waals surface area contributed by atoms with Gasteiger partial charge in [0, 0.05) is 35.1 Å². The second kappa shape index (κ2) is 13.2. The van der Waals surface area contributed by atoms with Crippen LogP contribution in [0.5, 0.6) is 0 Å². The number of anilines is 1. The van der Waals surface area contributed by atoms with Crippen LogP contribution < -0.4 is 9.62 Å². The molecule has 0 radical (unpaired) electrons. The number of carbonyl (C=O) groups excluding carboxylic acids is 2. The van der Waals surface area contributed by atoms with Crippen molar-refractivity contribution in [3.63, 3.8) is 0 Å². The van der Waals surface area contributed by atoms with E-state index in [0.717, 1.165) is 17.4 Å². The third-order valence-electron chi connectivity index (χ3n) is 5.89. The SMILES string of the molecule is CC[C@@H](C(=O)NC(C)(C)C)N(Cc1ccc(Cl)cc1Cl)C(=O)CCCN(c1cc(C)cc(C)c1)S(C)(=O)=O. The van der Waals surface area contributed by atoms with E-state index < -0.39 is 21.6 Å². The molecule has 38 heavy (non-hydrogen) atoms. The molecule has 2 amide bonds. The van der Waals surface area contributed by atoms with Crippen molar-refractivity contribution in [3.8, 4) is 0 Å². The molecule has 0 unspecified atom stereocenters. The summed E-state index contributed by atoms with van der Waals surface area (Å²) >= 11 is 12.5. The van der Waals surface area contributed by atoms with Gasteiger partial charge < -0.3 is 10.2 Å². The van der Waals surface area contributed by atoms with Gasteiger partial charge in [0.05, 0.1) is 11.9 Å². The van der Waals surface area contributed by atoms with Gasteiger partial charge in [-0.2, -0.15) is 0 Å². The monoisotopic (exact) mass is 583 g/mol. The summed E-state index contributed by atoms with van der Waals surface area (Å²) in [5.74, 6) is -0.521. The predicted molar refractivity (Wildman–Crippen MR) is 156 cm³/mol. The van der Waals surface area contributed by atoms with Gasteiger partial charge in [-0.1, -0.05) is 42.3 Å². The number of hydrogen-bond acceptors (Lipinski definition) is 4. The van der Waals surface area contributed by atoms with Crippen LogP contribution in [0.15, 0.2) is 36.4 Å². The fourth-order valence-corrected chi connectivity index (χ4v) is 5.72. The standard InChI is InChI=1S/C28H39Cl2N3O4S/c1-8-25(27(35)31-28(4,5)6)32(18-21-11-12-22(29)17-24(21)30)26(34)10-9-13-33(38(7,36)37)23-15-19(2)14-20(3)16-23/h11-12,14-17,25H,8-10,13,18H2,1-7H3,(H,31,35)/t25-/m0/s1. The first-order valence-corrected chi connectivity index (χ1v) is 15.2. The Morgan fingerprint density at radius 1 is 1.03 bits per heavy atom. The molecule has 0 fully saturated rings. The Kier molecular flexibility index (Phi) is 11.1. The molecule has 0 heterocycles. The zero-order valence-electron chi connectivity index (χ0n) is 23.3. The Bertz CT molecular complexity index is 1240. The van der Waals surface area contributed by atoms with E-state index in [4.69, 9.17) is 23.2 Å². The first-order chi connectivity index (χ1) is 17.5. The predicted octanol–water partition coefficient (Wildman–Crippen LogP) is 5.88. The maximum atomic E-state index is 13.6. The van der Waals surface area contributed by atoms with Gasteiger partial charge in [-0.15, -0.1) is 0 Å². The highest BCUT2D eigenvalue weighted by Crippen LogP contribution is 2.25. The van der Waals surface area contributed by atoms with Crippen molar-refractivity contribution in [1.82, 2.24) is 10.2 Å². The van der Waals surface area contributed by atoms with E-state index in [9.17, 15) is 18.0 Å². The van der Waals surface area contributed by atoms with Crippen molar-refractivity contribution in [2.75, 3.05) is 17.1 Å². The molecule has 0 aromatic heterocycles. The number of rotatable bonds is 11. The van der Waals surface area contributed by atoms with Crippen LogP contribution in [0, 0.1) is 13.8 Å². The zero-order chi connectivity index (χ0) is 28.8. The van der Waals surface area contributed by atoms with Gasteiger partial charge in [0.25, 0.3) is 0 Å². The smallest absolute Gasteiger partial charge is 0.243 e. The Balaban J connectivity index is 2.30. The molecule has 0 saturated carbocycles. The summed E-state index contributed by atoms with van der Waals surface area (Å²) in [6.45, 7) is 11.6. The highest BCUT2D eigenvalue weighted by Gasteiger charge is 2.31. The number of carbonyl (C=O) groups is 2. The molecule has 0 aliphatic rings. The fraction of sp³-hybridized carbons (Fsp3) is 0.500. The second-order valence-corrected chi connectivity index (χ2v) is 13.5. The van der Waals surface area contributed by atoms with Crippen molar-refractivity contribution in [2.45, 2.75) is 78.9 Å². The molecule has 2 aromatic rings. The highest BCUT2D eigenvalue weighted by atomic mass is 35.5. The molecule has 1 atom stereocenters. The minimum atomic E-state index is -3.57. The van der Waals surface area contributed by atoms with Crippen molar-refractivity contribution in [1.29, 1.82) is 0 Å². The van der Waals surface area contributed by atoms with Crippen LogP contribution in [0.2, 0.25) is 10.0 Å². The molecular weight excluding hydrogens is 545 g/mol. The minimum absolute atomic E-state index is 0.0569. The molecule has 0 aliphatic carbocycles. The molecule has 0 saturated heterocycles. The molecule has 0 spiro atoms. The maximum Gasteiger partial charge on any atom is 0.243 e. The van der Waals surface area contributed by atoms with Gasteiger partial charge in [-0.25, -0.2) is 8.42 Å². The Morgan fingerprint density at radius 2 is 1.63 bits per heavy atom. The minimum Gasteiger partial charge on any atom is -0.350 e. The number of benzene rings is 2. The fourth-order valence-electron chi connectivity index (χ4n) is 4.30. The maximum absolute atomic E-state index is 13.6. The number of hydrogen-bond donors (Lipinski definition) is 1. The Morgan fingerprint density at radius 3 is 2.13 bits per heavy atom. The summed E-state index contributed by atoms with van der Waals surface area (Å²) in [7, 11) is -3.57. The summed E-state index contributed by atoms with van der Waals surface area (Å²) in [6, 6.07) is 9.91. The van der Waals surface area contributed by atoms with Crippen molar-refractivity contribution in [3.05, 3.63) is 63.1 Å². The van der Waals surface area contributed by atoms with E-state index in [1.807, 2.05) is 59.7 Å². The first kappa shape index (κ1) is 31.9. The molecule has 2 aromatic carbocycles. The lowest BCUT2D eigenvalue weighted by atomic mass is 10.0. The molecule has 1 N–H and O–H groups in total. The molecule has 7 nitrogen and oxygen atoms in total. The van der Waals surface area contributed by atoms with Crippen LogP contribution in [0.4, 0.5) is 5.69 Å². The topological polar surface area (TPSA) is 86.8 Å². The van der Waals surface area contributed by atoms with E-state index in [1.165, 1.54) is 9.21 Å². The molecule has 10 heteroatoms. The lowest BCUT2D eigenvalue weighted by Gasteiger charge is -2.33. The lowest BCUT2D eigenvalue weighted by molar-refractivity contribution is -0.142. The Hall–Kier alpha value is -2.29. The summed E-state index contributed by atoms with van der Waals surface area (Å²) in [4.78, 5) is 28.3. The molecular formula is C28H39Cl2N3O4S. The van der Waals surface area contributed by atoms with Crippen molar-refractivity contribution < 1.29 is 18.0 Å². The molecule has 0 bridgehead atoms. The Labute approximate surface area is 237 Å². The molecule has 2 rings (SSSR count). The van der Waals surface area contributed by atoms with Gasteiger partial charge in [0.1, 0.15) is 6.04 Å². The second-order valence-electron chi connectivity index (χ2n) is 10.7. The summed E-state index contributed by atoms with van der Waals surface area (Å²) in [6.07, 6.45) is 1.89. The van der Waals surface area contributed by atoms with E-state index in [0.29, 0.717) is 27.7 Å². The normalized spacial score (nSPS) is 12.7. The third kappa shape index (κ3) is 9.47. The number of nitrogens with one attached hydrogen (secondary N) is 1. The first-order valence-electron chi connectivity index (χ1n) is 12.6. The van der Waals surface area contributed by atoms with E-state index in [1.54, 1.807) is 18.2 Å². The molecule has 0 aliphatic heterocycles. The summed E-state index contributed by atoms with van der Waals surface area (Å²) in [5, 5.41) is 3.84. The van der Waals surface area contributed by atoms with Crippen molar-refractivity contribution >= 4 is 50.7 Å². The number of nitrogens with zero attached hydrogens (tertiary/aromatic N) is 2. The number of halogens is 2. The van der Waals surface area contributed by atoms with Crippen LogP contribution in [-0.2, 0) is 26.2 Å². The van der Waals surface area contributed by atoms with Crippen molar-refractivity contribution in [2.24, 2.45) is 0 Å². The van der Waals surface area contributed by atoms with Gasteiger partial charge in [-0.3, -0.25) is 13.9 Å². The van der Waals surface area contributed by atoms with E-state index in [-0.39, 0.29) is 37.7 Å². The number of sulfonamides is 1. The number of amides is 2. The van der Waals surface area contributed by atoms with Gasteiger partial charge in [-0.05, 0) is 88.4 Å². The highest BCUT2D eigenvalue weighted by molar-refractivity contribution is 7.92. The average molecular weight is 585 g/mol. The van der Waals surface area contributed by atoms with E-state index in [2.05, 4.69) is 5.32 Å². The summed E-state index contributed by atoms with van der Waals surface area (Å²) < 4.78 is 26.5. The summed E-state index contributed by atoms with van der Waals surface area (Å²) in [5.41, 5.74) is 2.66. The lowest BCUT2D eigenvalue weighted by Crippen LogP contribution is -2.53. The van der Waals surface area contributed by atoms with Gasteiger partial charge in [0.2, 0.25) is 21.8 Å². The zero-order valence-corrected chi connectivity index (χ0v) is 25.6. The number of aryl methyl sites for hydroxylation is 2. The van der Waals surface area contributed by atoms with Gasteiger partial charge in [0.15, 0.2) is 0 Å². The van der Waals surface area contributed by atoms with E-state index >= 15 is 0 Å². The third-order valence-corrected chi connectivity index (χ3v) is 7.67.